The van der Waals surface area contributed by atoms with Crippen LogP contribution < -0.4 is 5.32 Å². The van der Waals surface area contributed by atoms with E-state index in [4.69, 9.17) is 11.6 Å². The van der Waals surface area contributed by atoms with Crippen LogP contribution in [0.25, 0.3) is 10.2 Å². The maximum atomic E-state index is 5.99. The van der Waals surface area contributed by atoms with Gasteiger partial charge in [-0.05, 0) is 54.1 Å². The second kappa shape index (κ2) is 5.25. The predicted molar refractivity (Wildman–Crippen MR) is 82.0 cm³/mol. The molecule has 3 unspecified atom stereocenters. The quantitative estimate of drug-likeness (QED) is 0.824. The zero-order chi connectivity index (χ0) is 13.4. The van der Waals surface area contributed by atoms with Crippen LogP contribution in [-0.4, -0.2) is 16.0 Å². The van der Waals surface area contributed by atoms with E-state index in [2.05, 4.69) is 35.2 Å². The van der Waals surface area contributed by atoms with Crippen molar-refractivity contribution in [3.63, 3.8) is 0 Å². The molecule has 5 heteroatoms. The standard InChI is InChI=1S/C14H18ClN3S/c1-8-3-4-10(7-9(8)2)16-12-11-5-6-19-13(11)18-14(15)17-12/h5-6,8-10H,3-4,7H2,1-2H3,(H,16,17,18). The largest absolute Gasteiger partial charge is 0.367 e. The minimum atomic E-state index is 0.328. The van der Waals surface area contributed by atoms with Gasteiger partial charge in [0.2, 0.25) is 5.28 Å². The van der Waals surface area contributed by atoms with E-state index in [1.165, 1.54) is 19.3 Å². The summed E-state index contributed by atoms with van der Waals surface area (Å²) in [5, 5.41) is 7.02. The Morgan fingerprint density at radius 1 is 1.26 bits per heavy atom. The van der Waals surface area contributed by atoms with Crippen LogP contribution in [0, 0.1) is 11.8 Å². The fraction of sp³-hybridized carbons (Fsp3) is 0.571. The summed E-state index contributed by atoms with van der Waals surface area (Å²) in [7, 11) is 0. The van der Waals surface area contributed by atoms with Crippen molar-refractivity contribution in [2.75, 3.05) is 5.32 Å². The zero-order valence-corrected chi connectivity index (χ0v) is 12.8. The molecule has 3 nitrogen and oxygen atoms in total. The molecule has 2 heterocycles. The lowest BCUT2D eigenvalue weighted by atomic mass is 9.79. The van der Waals surface area contributed by atoms with E-state index in [1.54, 1.807) is 11.3 Å². The molecule has 1 aliphatic carbocycles. The Hall–Kier alpha value is -0.870. The molecule has 3 atom stereocenters. The lowest BCUT2D eigenvalue weighted by molar-refractivity contribution is 0.260. The lowest BCUT2D eigenvalue weighted by Crippen LogP contribution is -2.30. The summed E-state index contributed by atoms with van der Waals surface area (Å²) in [6, 6.07) is 2.56. The third kappa shape index (κ3) is 2.70. The Morgan fingerprint density at radius 3 is 2.89 bits per heavy atom. The number of thiophene rings is 1. The first-order chi connectivity index (χ1) is 9.13. The second-order valence-corrected chi connectivity index (χ2v) is 6.82. The maximum absolute atomic E-state index is 5.99. The van der Waals surface area contributed by atoms with Crippen LogP contribution in [-0.2, 0) is 0 Å². The molecule has 2 aromatic heterocycles. The van der Waals surface area contributed by atoms with Crippen molar-refractivity contribution in [1.29, 1.82) is 0 Å². The van der Waals surface area contributed by atoms with Crippen LogP contribution in [0.3, 0.4) is 0 Å². The SMILES string of the molecule is CC1CCC(Nc2nc(Cl)nc3sccc23)CC1C. The van der Waals surface area contributed by atoms with Gasteiger partial charge in [0.25, 0.3) is 0 Å². The minimum absolute atomic E-state index is 0.328. The van der Waals surface area contributed by atoms with Crippen LogP contribution in [0.1, 0.15) is 33.1 Å². The van der Waals surface area contributed by atoms with Crippen molar-refractivity contribution < 1.29 is 0 Å². The Bertz CT molecular complexity index is 583. The summed E-state index contributed by atoms with van der Waals surface area (Å²) in [5.74, 6) is 2.48. The number of fused-ring (bicyclic) bond motifs is 1. The molecule has 0 bridgehead atoms. The number of nitrogens with zero attached hydrogens (tertiary/aromatic N) is 2. The first-order valence-electron chi connectivity index (χ1n) is 6.80. The predicted octanol–water partition coefficient (Wildman–Crippen LogP) is 4.58. The molecule has 2 aromatic rings. The minimum Gasteiger partial charge on any atom is -0.367 e. The number of nitrogens with one attached hydrogen (secondary N) is 1. The monoisotopic (exact) mass is 295 g/mol. The molecule has 1 saturated carbocycles. The number of anilines is 1. The molecule has 1 N–H and O–H groups in total. The van der Waals surface area contributed by atoms with E-state index in [-0.39, 0.29) is 0 Å². The van der Waals surface area contributed by atoms with E-state index in [0.717, 1.165) is 27.9 Å². The summed E-state index contributed by atoms with van der Waals surface area (Å²) < 4.78 is 0. The molecule has 102 valence electrons. The summed E-state index contributed by atoms with van der Waals surface area (Å²) in [5.41, 5.74) is 0. The van der Waals surface area contributed by atoms with Gasteiger partial charge in [-0.2, -0.15) is 0 Å². The van der Waals surface area contributed by atoms with Gasteiger partial charge in [0.05, 0.1) is 5.39 Å². The highest BCUT2D eigenvalue weighted by Gasteiger charge is 2.25. The molecule has 19 heavy (non-hydrogen) atoms. The fourth-order valence-corrected chi connectivity index (χ4v) is 3.79. The van der Waals surface area contributed by atoms with Crippen molar-refractivity contribution in [1.82, 2.24) is 9.97 Å². The van der Waals surface area contributed by atoms with Gasteiger partial charge in [0, 0.05) is 6.04 Å². The van der Waals surface area contributed by atoms with E-state index in [9.17, 15) is 0 Å². The van der Waals surface area contributed by atoms with E-state index in [1.807, 2.05) is 5.38 Å². The molecule has 0 spiro atoms. The smallest absolute Gasteiger partial charge is 0.225 e. The third-order valence-corrected chi connectivity index (χ3v) is 5.21. The van der Waals surface area contributed by atoms with Crippen molar-refractivity contribution in [3.05, 3.63) is 16.7 Å². The summed E-state index contributed by atoms with van der Waals surface area (Å²) in [4.78, 5) is 9.57. The highest BCUT2D eigenvalue weighted by molar-refractivity contribution is 7.16. The Labute approximate surface area is 122 Å². The first kappa shape index (κ1) is 13.1. The summed E-state index contributed by atoms with van der Waals surface area (Å²) in [6.07, 6.45) is 3.69. The van der Waals surface area contributed by atoms with Gasteiger partial charge in [-0.15, -0.1) is 11.3 Å². The zero-order valence-electron chi connectivity index (χ0n) is 11.2. The van der Waals surface area contributed by atoms with Crippen LogP contribution in [0.5, 0.6) is 0 Å². The van der Waals surface area contributed by atoms with E-state index in [0.29, 0.717) is 11.3 Å². The third-order valence-electron chi connectivity index (χ3n) is 4.24. The molecule has 1 fully saturated rings. The van der Waals surface area contributed by atoms with Gasteiger partial charge in [-0.1, -0.05) is 13.8 Å². The summed E-state index contributed by atoms with van der Waals surface area (Å²) in [6.45, 7) is 4.69. The van der Waals surface area contributed by atoms with Crippen molar-refractivity contribution in [2.24, 2.45) is 11.8 Å². The number of hydrogen-bond acceptors (Lipinski definition) is 4. The van der Waals surface area contributed by atoms with Gasteiger partial charge in [0.15, 0.2) is 0 Å². The van der Waals surface area contributed by atoms with Gasteiger partial charge in [0.1, 0.15) is 10.6 Å². The highest BCUT2D eigenvalue weighted by atomic mass is 35.5. The molecule has 0 aromatic carbocycles. The fourth-order valence-electron chi connectivity index (χ4n) is 2.81. The maximum Gasteiger partial charge on any atom is 0.225 e. The molecule has 3 rings (SSSR count). The van der Waals surface area contributed by atoms with Gasteiger partial charge < -0.3 is 5.32 Å². The Morgan fingerprint density at radius 2 is 2.11 bits per heavy atom. The number of hydrogen-bond donors (Lipinski definition) is 1. The van der Waals surface area contributed by atoms with Crippen LogP contribution in [0.15, 0.2) is 11.4 Å². The molecule has 0 aliphatic heterocycles. The van der Waals surface area contributed by atoms with Crippen LogP contribution in [0.4, 0.5) is 5.82 Å². The van der Waals surface area contributed by atoms with E-state index >= 15 is 0 Å². The Balaban J connectivity index is 1.83. The summed E-state index contributed by atoms with van der Waals surface area (Å²) >= 11 is 7.60. The average Bonchev–Trinajstić information content (AvgIpc) is 2.82. The molecular weight excluding hydrogens is 278 g/mol. The van der Waals surface area contributed by atoms with Gasteiger partial charge >= 0.3 is 0 Å². The average molecular weight is 296 g/mol. The number of halogens is 1. The lowest BCUT2D eigenvalue weighted by Gasteiger charge is -2.32. The van der Waals surface area contributed by atoms with Crippen molar-refractivity contribution in [3.8, 4) is 0 Å². The molecule has 0 saturated heterocycles. The van der Waals surface area contributed by atoms with Crippen molar-refractivity contribution >= 4 is 39.0 Å². The topological polar surface area (TPSA) is 37.8 Å². The Kier molecular flexibility index (Phi) is 3.63. The molecule has 0 radical (unpaired) electrons. The van der Waals surface area contributed by atoms with Crippen LogP contribution in [0.2, 0.25) is 5.28 Å². The van der Waals surface area contributed by atoms with Crippen LogP contribution >= 0.6 is 22.9 Å². The van der Waals surface area contributed by atoms with E-state index < -0.39 is 0 Å². The first-order valence-corrected chi connectivity index (χ1v) is 8.06. The van der Waals surface area contributed by atoms with Gasteiger partial charge in [-0.25, -0.2) is 9.97 Å². The molecular formula is C14H18ClN3S. The second-order valence-electron chi connectivity index (χ2n) is 5.59. The molecule has 0 amide bonds. The highest BCUT2D eigenvalue weighted by Crippen LogP contribution is 2.33. The molecule has 1 aliphatic rings. The number of rotatable bonds is 2. The normalized spacial score (nSPS) is 27.6. The van der Waals surface area contributed by atoms with Gasteiger partial charge in [-0.3, -0.25) is 0 Å². The number of aromatic nitrogens is 2. The van der Waals surface area contributed by atoms with Crippen molar-refractivity contribution in [2.45, 2.75) is 39.2 Å².